The molecule has 0 radical (unpaired) electrons. The number of hydrogen-bond acceptors (Lipinski definition) is 4. The van der Waals surface area contributed by atoms with Crippen LogP contribution in [0.2, 0.25) is 0 Å². The number of carbonyl (C=O) groups is 2. The van der Waals surface area contributed by atoms with Gasteiger partial charge in [-0.2, -0.15) is 0 Å². The zero-order valence-electron chi connectivity index (χ0n) is 9.92. The van der Waals surface area contributed by atoms with Crippen molar-refractivity contribution in [3.8, 4) is 0 Å². The Bertz CT molecular complexity index is 365. The molecule has 0 unspecified atom stereocenters. The Labute approximate surface area is 100 Å². The Kier molecular flexibility index (Phi) is 5.13. The summed E-state index contributed by atoms with van der Waals surface area (Å²) in [5, 5.41) is 2.48. The molecule has 0 bridgehead atoms. The van der Waals surface area contributed by atoms with Gasteiger partial charge in [0.05, 0.1) is 11.7 Å². The number of rotatable bonds is 5. The van der Waals surface area contributed by atoms with E-state index in [1.807, 2.05) is 19.9 Å². The third-order valence-electron chi connectivity index (χ3n) is 2.23. The molecule has 5 nitrogen and oxygen atoms in total. The molecule has 1 heterocycles. The highest BCUT2D eigenvalue weighted by atomic mass is 16.5. The molecule has 1 aromatic rings. The molecule has 1 amide bonds. The van der Waals surface area contributed by atoms with Gasteiger partial charge in [0.1, 0.15) is 12.9 Å². The lowest BCUT2D eigenvalue weighted by atomic mass is 10.1. The Balaban J connectivity index is 2.37. The van der Waals surface area contributed by atoms with E-state index in [2.05, 4.69) is 10.3 Å². The number of alkyl carbamates (subject to hydrolysis) is 1. The maximum atomic E-state index is 11.4. The smallest absolute Gasteiger partial charge is 0.408 e. The number of hydrogen-bond donors (Lipinski definition) is 1. The van der Waals surface area contributed by atoms with Gasteiger partial charge in [0, 0.05) is 6.20 Å². The quantitative estimate of drug-likeness (QED) is 0.787. The van der Waals surface area contributed by atoms with Crippen molar-refractivity contribution < 1.29 is 14.3 Å². The van der Waals surface area contributed by atoms with Gasteiger partial charge in [0.2, 0.25) is 0 Å². The summed E-state index contributed by atoms with van der Waals surface area (Å²) in [6.07, 6.45) is 1.72. The van der Waals surface area contributed by atoms with Crippen molar-refractivity contribution in [1.82, 2.24) is 10.3 Å². The molecule has 5 heteroatoms. The zero-order chi connectivity index (χ0) is 12.7. The van der Waals surface area contributed by atoms with Crippen molar-refractivity contribution in [2.45, 2.75) is 26.5 Å². The SMILES string of the molecule is CC(C)[C@@H](C=O)NC(=O)OCc1ccccn1. The molecule has 1 N–H and O–H groups in total. The van der Waals surface area contributed by atoms with Crippen LogP contribution in [0.3, 0.4) is 0 Å². The van der Waals surface area contributed by atoms with E-state index in [0.29, 0.717) is 12.0 Å². The fourth-order valence-corrected chi connectivity index (χ4v) is 1.16. The van der Waals surface area contributed by atoms with Gasteiger partial charge in [0.25, 0.3) is 0 Å². The summed E-state index contributed by atoms with van der Waals surface area (Å²) in [5.41, 5.74) is 0.662. The van der Waals surface area contributed by atoms with E-state index >= 15 is 0 Å². The number of aromatic nitrogens is 1. The van der Waals surface area contributed by atoms with E-state index in [1.165, 1.54) is 0 Å². The average molecular weight is 236 g/mol. The normalized spacial score (nSPS) is 11.9. The number of amides is 1. The van der Waals surface area contributed by atoms with Gasteiger partial charge >= 0.3 is 6.09 Å². The van der Waals surface area contributed by atoms with Crippen LogP contribution in [0.1, 0.15) is 19.5 Å². The van der Waals surface area contributed by atoms with Gasteiger partial charge in [-0.1, -0.05) is 19.9 Å². The van der Waals surface area contributed by atoms with Crippen molar-refractivity contribution in [1.29, 1.82) is 0 Å². The lowest BCUT2D eigenvalue weighted by Crippen LogP contribution is -2.39. The van der Waals surface area contributed by atoms with Crippen LogP contribution >= 0.6 is 0 Å². The molecule has 0 aromatic carbocycles. The van der Waals surface area contributed by atoms with Gasteiger partial charge < -0.3 is 14.8 Å². The topological polar surface area (TPSA) is 68.3 Å². The lowest BCUT2D eigenvalue weighted by molar-refractivity contribution is -0.110. The number of nitrogens with one attached hydrogen (secondary N) is 1. The number of nitrogens with zero attached hydrogens (tertiary/aromatic N) is 1. The molecule has 0 fully saturated rings. The number of pyridine rings is 1. The van der Waals surface area contributed by atoms with Crippen molar-refractivity contribution in [3.05, 3.63) is 30.1 Å². The zero-order valence-corrected chi connectivity index (χ0v) is 9.92. The predicted octanol–water partition coefficient (Wildman–Crippen LogP) is 1.53. The molecule has 0 saturated heterocycles. The Morgan fingerprint density at radius 1 is 1.53 bits per heavy atom. The van der Waals surface area contributed by atoms with Crippen LogP contribution in [0.5, 0.6) is 0 Å². The van der Waals surface area contributed by atoms with Gasteiger partial charge in [-0.3, -0.25) is 4.98 Å². The van der Waals surface area contributed by atoms with Crippen molar-refractivity contribution in [2.24, 2.45) is 5.92 Å². The molecule has 0 spiro atoms. The predicted molar refractivity (Wildman–Crippen MR) is 62.2 cm³/mol. The van der Waals surface area contributed by atoms with Crippen molar-refractivity contribution >= 4 is 12.4 Å². The number of ether oxygens (including phenoxy) is 1. The Morgan fingerprint density at radius 2 is 2.29 bits per heavy atom. The largest absolute Gasteiger partial charge is 0.443 e. The summed E-state index contributed by atoms with van der Waals surface area (Å²) in [4.78, 5) is 26.1. The third kappa shape index (κ3) is 4.63. The fraction of sp³-hybridized carbons (Fsp3) is 0.417. The highest BCUT2D eigenvalue weighted by Gasteiger charge is 2.15. The standard InChI is InChI=1S/C12H16N2O3/c1-9(2)11(7-15)14-12(16)17-8-10-5-3-4-6-13-10/h3-7,9,11H,8H2,1-2H3,(H,14,16)/t11-/m1/s1. The van der Waals surface area contributed by atoms with Crippen LogP contribution in [0.25, 0.3) is 0 Å². The summed E-state index contributed by atoms with van der Waals surface area (Å²) in [6, 6.07) is 4.83. The molecular formula is C12H16N2O3. The minimum Gasteiger partial charge on any atom is -0.443 e. The third-order valence-corrected chi connectivity index (χ3v) is 2.23. The molecule has 0 aliphatic carbocycles. The van der Waals surface area contributed by atoms with E-state index in [4.69, 9.17) is 4.74 Å². The second kappa shape index (κ2) is 6.62. The van der Waals surface area contributed by atoms with Gasteiger partial charge in [-0.25, -0.2) is 4.79 Å². The second-order valence-electron chi connectivity index (χ2n) is 3.95. The molecule has 1 atom stereocenters. The van der Waals surface area contributed by atoms with E-state index in [9.17, 15) is 9.59 Å². The minimum atomic E-state index is -0.610. The van der Waals surface area contributed by atoms with Gasteiger partial charge in [-0.15, -0.1) is 0 Å². The van der Waals surface area contributed by atoms with Crippen LogP contribution in [-0.2, 0) is 16.1 Å². The van der Waals surface area contributed by atoms with Crippen LogP contribution in [-0.4, -0.2) is 23.4 Å². The fourth-order valence-electron chi connectivity index (χ4n) is 1.16. The van der Waals surface area contributed by atoms with Crippen LogP contribution < -0.4 is 5.32 Å². The van der Waals surface area contributed by atoms with E-state index < -0.39 is 12.1 Å². The summed E-state index contributed by atoms with van der Waals surface area (Å²) >= 11 is 0. The maximum absolute atomic E-state index is 11.4. The lowest BCUT2D eigenvalue weighted by Gasteiger charge is -2.15. The minimum absolute atomic E-state index is 0.0369. The van der Waals surface area contributed by atoms with Crippen molar-refractivity contribution in [3.63, 3.8) is 0 Å². The monoisotopic (exact) mass is 236 g/mol. The molecule has 0 aliphatic rings. The van der Waals surface area contributed by atoms with E-state index in [-0.39, 0.29) is 12.5 Å². The number of carbonyl (C=O) groups excluding carboxylic acids is 2. The molecular weight excluding hydrogens is 220 g/mol. The first-order valence-electron chi connectivity index (χ1n) is 5.42. The van der Waals surface area contributed by atoms with Crippen LogP contribution in [0.4, 0.5) is 4.79 Å². The Morgan fingerprint density at radius 3 is 2.82 bits per heavy atom. The van der Waals surface area contributed by atoms with E-state index in [0.717, 1.165) is 0 Å². The maximum Gasteiger partial charge on any atom is 0.408 e. The van der Waals surface area contributed by atoms with Crippen LogP contribution in [0.15, 0.2) is 24.4 Å². The molecule has 0 aliphatic heterocycles. The number of aldehydes is 1. The first-order chi connectivity index (χ1) is 8.13. The van der Waals surface area contributed by atoms with E-state index in [1.54, 1.807) is 18.3 Å². The highest BCUT2D eigenvalue weighted by molar-refractivity contribution is 5.73. The average Bonchev–Trinajstić information content (AvgIpc) is 2.34. The van der Waals surface area contributed by atoms with Gasteiger partial charge in [-0.05, 0) is 18.1 Å². The molecule has 17 heavy (non-hydrogen) atoms. The highest BCUT2D eigenvalue weighted by Crippen LogP contribution is 2.00. The first kappa shape index (κ1) is 13.2. The van der Waals surface area contributed by atoms with Gasteiger partial charge in [0.15, 0.2) is 0 Å². The summed E-state index contributed by atoms with van der Waals surface area (Å²) in [6.45, 7) is 3.78. The second-order valence-corrected chi connectivity index (χ2v) is 3.95. The molecule has 1 aromatic heterocycles. The molecule has 1 rings (SSSR count). The summed E-state index contributed by atoms with van der Waals surface area (Å²) in [7, 11) is 0. The van der Waals surface area contributed by atoms with Crippen LogP contribution in [0, 0.1) is 5.92 Å². The first-order valence-corrected chi connectivity index (χ1v) is 5.42. The summed E-state index contributed by atoms with van der Waals surface area (Å²) < 4.78 is 4.94. The summed E-state index contributed by atoms with van der Waals surface area (Å²) in [5.74, 6) is 0.0369. The Hall–Kier alpha value is -1.91. The van der Waals surface area contributed by atoms with Crippen molar-refractivity contribution in [2.75, 3.05) is 0 Å². The molecule has 92 valence electrons. The molecule has 0 saturated carbocycles.